The summed E-state index contributed by atoms with van der Waals surface area (Å²) in [6.07, 6.45) is 1.81. The molecule has 3 rings (SSSR count). The van der Waals surface area contributed by atoms with E-state index in [1.807, 2.05) is 0 Å². The van der Waals surface area contributed by atoms with Gasteiger partial charge in [-0.05, 0) is 55.3 Å². The second-order valence-electron chi connectivity index (χ2n) is 6.61. The van der Waals surface area contributed by atoms with Gasteiger partial charge in [-0.3, -0.25) is 9.10 Å². The van der Waals surface area contributed by atoms with Gasteiger partial charge in [0.25, 0.3) is 10.0 Å². The van der Waals surface area contributed by atoms with Gasteiger partial charge in [-0.15, -0.1) is 0 Å². The molecular formula is C20H23ClN2O5S. The number of amides is 1. The Hall–Kier alpha value is -2.29. The lowest BCUT2D eigenvalue weighted by Gasteiger charge is -2.24. The number of anilines is 1. The molecule has 7 nitrogen and oxygen atoms in total. The third kappa shape index (κ3) is 5.41. The number of ether oxygens (including phenoxy) is 2. The molecule has 1 aliphatic heterocycles. The molecule has 0 saturated carbocycles. The van der Waals surface area contributed by atoms with Crippen LogP contribution >= 0.6 is 11.6 Å². The summed E-state index contributed by atoms with van der Waals surface area (Å²) in [5, 5.41) is 3.13. The third-order valence-electron chi connectivity index (χ3n) is 4.58. The maximum absolute atomic E-state index is 13.3. The SMILES string of the molecule is COc1ccc(S(=O)(=O)N(CC(=O)NCC2CCCO2)c2cccc(Cl)c2)cc1. The summed E-state index contributed by atoms with van der Waals surface area (Å²) in [5.74, 6) is 0.116. The molecule has 1 heterocycles. The largest absolute Gasteiger partial charge is 0.497 e. The van der Waals surface area contributed by atoms with Crippen LogP contribution in [-0.2, 0) is 19.6 Å². The van der Waals surface area contributed by atoms with Gasteiger partial charge in [0.15, 0.2) is 0 Å². The first kappa shape index (κ1) is 21.4. The molecule has 1 aliphatic rings. The Morgan fingerprint density at radius 1 is 1.28 bits per heavy atom. The maximum atomic E-state index is 13.3. The molecule has 0 spiro atoms. The highest BCUT2D eigenvalue weighted by Gasteiger charge is 2.28. The lowest BCUT2D eigenvalue weighted by molar-refractivity contribution is -0.120. The van der Waals surface area contributed by atoms with Crippen molar-refractivity contribution in [1.29, 1.82) is 0 Å². The average Bonchev–Trinajstić information content (AvgIpc) is 3.24. The van der Waals surface area contributed by atoms with Gasteiger partial charge in [-0.2, -0.15) is 0 Å². The Morgan fingerprint density at radius 3 is 2.66 bits per heavy atom. The van der Waals surface area contributed by atoms with Gasteiger partial charge in [0.2, 0.25) is 5.91 Å². The first-order valence-corrected chi connectivity index (χ1v) is 11.0. The van der Waals surface area contributed by atoms with E-state index in [1.54, 1.807) is 30.3 Å². The fourth-order valence-corrected chi connectivity index (χ4v) is 4.64. The molecule has 1 saturated heterocycles. The van der Waals surface area contributed by atoms with Crippen molar-refractivity contribution in [1.82, 2.24) is 5.32 Å². The molecule has 156 valence electrons. The van der Waals surface area contributed by atoms with Gasteiger partial charge in [-0.25, -0.2) is 8.42 Å². The van der Waals surface area contributed by atoms with Crippen LogP contribution in [0.3, 0.4) is 0 Å². The van der Waals surface area contributed by atoms with Crippen molar-refractivity contribution >= 4 is 33.2 Å². The number of hydrogen-bond acceptors (Lipinski definition) is 5. The highest BCUT2D eigenvalue weighted by Crippen LogP contribution is 2.27. The predicted molar refractivity (Wildman–Crippen MR) is 111 cm³/mol. The lowest BCUT2D eigenvalue weighted by atomic mass is 10.2. The van der Waals surface area contributed by atoms with Crippen molar-refractivity contribution in [3.05, 3.63) is 53.6 Å². The molecule has 1 N–H and O–H groups in total. The zero-order chi connectivity index (χ0) is 20.9. The van der Waals surface area contributed by atoms with Crippen LogP contribution in [0, 0.1) is 0 Å². The Bertz CT molecular complexity index is 944. The standard InChI is InChI=1S/C20H23ClN2O5S/c1-27-17-7-9-19(10-8-17)29(25,26)23(16-5-2-4-15(21)12-16)14-20(24)22-13-18-6-3-11-28-18/h2,4-5,7-10,12,18H,3,6,11,13-14H2,1H3,(H,22,24). The Morgan fingerprint density at radius 2 is 2.03 bits per heavy atom. The van der Waals surface area contributed by atoms with E-state index >= 15 is 0 Å². The van der Waals surface area contributed by atoms with Gasteiger partial charge in [0.05, 0.1) is 23.8 Å². The minimum atomic E-state index is -4.00. The van der Waals surface area contributed by atoms with Crippen LogP contribution in [0.15, 0.2) is 53.4 Å². The Labute approximate surface area is 175 Å². The molecule has 29 heavy (non-hydrogen) atoms. The van der Waals surface area contributed by atoms with Crippen molar-refractivity contribution in [3.8, 4) is 5.75 Å². The van der Waals surface area contributed by atoms with E-state index in [0.717, 1.165) is 17.1 Å². The van der Waals surface area contributed by atoms with Crippen LogP contribution in [0.1, 0.15) is 12.8 Å². The summed E-state index contributed by atoms with van der Waals surface area (Å²) in [6.45, 7) is 0.660. The number of hydrogen-bond donors (Lipinski definition) is 1. The fourth-order valence-electron chi connectivity index (χ4n) is 3.04. The Kier molecular flexibility index (Phi) is 7.00. The zero-order valence-electron chi connectivity index (χ0n) is 16.0. The van der Waals surface area contributed by atoms with E-state index < -0.39 is 15.9 Å². The van der Waals surface area contributed by atoms with Crippen LogP contribution in [0.4, 0.5) is 5.69 Å². The van der Waals surface area contributed by atoms with E-state index in [-0.39, 0.29) is 17.5 Å². The molecular weight excluding hydrogens is 416 g/mol. The quantitative estimate of drug-likeness (QED) is 0.685. The topological polar surface area (TPSA) is 84.9 Å². The number of rotatable bonds is 8. The molecule has 9 heteroatoms. The van der Waals surface area contributed by atoms with Crippen LogP contribution < -0.4 is 14.4 Å². The Balaban J connectivity index is 1.84. The highest BCUT2D eigenvalue weighted by molar-refractivity contribution is 7.92. The van der Waals surface area contributed by atoms with E-state index in [2.05, 4.69) is 5.32 Å². The average molecular weight is 439 g/mol. The van der Waals surface area contributed by atoms with Gasteiger partial charge in [0, 0.05) is 18.2 Å². The van der Waals surface area contributed by atoms with Gasteiger partial charge in [0.1, 0.15) is 12.3 Å². The normalized spacial score (nSPS) is 16.4. The second-order valence-corrected chi connectivity index (χ2v) is 8.90. The molecule has 2 aromatic rings. The summed E-state index contributed by atoms with van der Waals surface area (Å²) in [5.41, 5.74) is 0.306. The number of benzene rings is 2. The first-order valence-electron chi connectivity index (χ1n) is 9.21. The van der Waals surface area contributed by atoms with Crippen LogP contribution in [0.25, 0.3) is 0 Å². The van der Waals surface area contributed by atoms with Crippen molar-refractivity contribution in [2.75, 3.05) is 31.1 Å². The van der Waals surface area contributed by atoms with Crippen molar-refractivity contribution in [3.63, 3.8) is 0 Å². The number of carbonyl (C=O) groups excluding carboxylic acids is 1. The molecule has 0 radical (unpaired) electrons. The minimum Gasteiger partial charge on any atom is -0.497 e. The molecule has 0 aliphatic carbocycles. The van der Waals surface area contributed by atoms with Gasteiger partial charge >= 0.3 is 0 Å². The van der Waals surface area contributed by atoms with Crippen LogP contribution in [0.2, 0.25) is 5.02 Å². The number of carbonyl (C=O) groups is 1. The monoisotopic (exact) mass is 438 g/mol. The molecule has 1 atom stereocenters. The van der Waals surface area contributed by atoms with Crippen molar-refractivity contribution < 1.29 is 22.7 Å². The summed E-state index contributed by atoms with van der Waals surface area (Å²) in [4.78, 5) is 12.6. The molecule has 1 unspecified atom stereocenters. The minimum absolute atomic E-state index is 0.0308. The van der Waals surface area contributed by atoms with Gasteiger partial charge < -0.3 is 14.8 Å². The first-order chi connectivity index (χ1) is 13.9. The summed E-state index contributed by atoms with van der Waals surface area (Å²) in [7, 11) is -2.50. The van der Waals surface area contributed by atoms with E-state index in [0.29, 0.717) is 29.6 Å². The smallest absolute Gasteiger partial charge is 0.264 e. The molecule has 1 fully saturated rings. The molecule has 2 aromatic carbocycles. The number of nitrogens with zero attached hydrogens (tertiary/aromatic N) is 1. The van der Waals surface area contributed by atoms with E-state index in [1.165, 1.54) is 25.3 Å². The second kappa shape index (κ2) is 9.47. The maximum Gasteiger partial charge on any atom is 0.264 e. The molecule has 0 aromatic heterocycles. The van der Waals surface area contributed by atoms with E-state index in [9.17, 15) is 13.2 Å². The lowest BCUT2D eigenvalue weighted by Crippen LogP contribution is -2.42. The summed E-state index contributed by atoms with van der Waals surface area (Å²) < 4.78 is 38.2. The zero-order valence-corrected chi connectivity index (χ0v) is 17.6. The van der Waals surface area contributed by atoms with Crippen LogP contribution in [-0.4, -0.2) is 47.2 Å². The number of methoxy groups -OCH3 is 1. The van der Waals surface area contributed by atoms with E-state index in [4.69, 9.17) is 21.1 Å². The summed E-state index contributed by atoms with van der Waals surface area (Å²) >= 11 is 6.05. The number of halogens is 1. The fraction of sp³-hybridized carbons (Fsp3) is 0.350. The van der Waals surface area contributed by atoms with Gasteiger partial charge in [-0.1, -0.05) is 17.7 Å². The molecule has 0 bridgehead atoms. The predicted octanol–water partition coefficient (Wildman–Crippen LogP) is 2.84. The number of nitrogens with one attached hydrogen (secondary N) is 1. The van der Waals surface area contributed by atoms with Crippen molar-refractivity contribution in [2.24, 2.45) is 0 Å². The summed E-state index contributed by atoms with van der Waals surface area (Å²) in [6, 6.07) is 12.4. The highest BCUT2D eigenvalue weighted by atomic mass is 35.5. The third-order valence-corrected chi connectivity index (χ3v) is 6.60. The van der Waals surface area contributed by atoms with Crippen LogP contribution in [0.5, 0.6) is 5.75 Å². The van der Waals surface area contributed by atoms with Crippen molar-refractivity contribution in [2.45, 2.75) is 23.8 Å². The molecule has 1 amide bonds. The number of sulfonamides is 1.